The molecule has 2 aromatic carbocycles. The second-order valence-corrected chi connectivity index (χ2v) is 6.80. The van der Waals surface area contributed by atoms with Gasteiger partial charge >= 0.3 is 0 Å². The van der Waals surface area contributed by atoms with Crippen LogP contribution in [0.1, 0.15) is 36.1 Å². The molecule has 3 nitrogen and oxygen atoms in total. The van der Waals surface area contributed by atoms with Crippen molar-refractivity contribution in [3.8, 4) is 0 Å². The fourth-order valence-electron chi connectivity index (χ4n) is 2.80. The van der Waals surface area contributed by atoms with E-state index >= 15 is 0 Å². The molecule has 3 rings (SSSR count). The first-order valence-corrected chi connectivity index (χ1v) is 8.67. The number of hydrogen-bond acceptors (Lipinski definition) is 3. The molecule has 24 heavy (non-hydrogen) atoms. The zero-order valence-electron chi connectivity index (χ0n) is 12.8. The maximum atomic E-state index is 13.8. The molecule has 6 heteroatoms. The number of rotatable bonds is 4. The predicted octanol–water partition coefficient (Wildman–Crippen LogP) is 3.74. The minimum absolute atomic E-state index is 0.169. The number of halogens is 2. The van der Waals surface area contributed by atoms with E-state index in [2.05, 4.69) is 5.32 Å². The molecule has 0 radical (unpaired) electrons. The Bertz CT molecular complexity index is 754. The van der Waals surface area contributed by atoms with Gasteiger partial charge in [-0.25, -0.2) is 8.78 Å². The van der Waals surface area contributed by atoms with E-state index in [1.165, 1.54) is 36.0 Å². The van der Waals surface area contributed by atoms with E-state index in [1.807, 2.05) is 0 Å². The van der Waals surface area contributed by atoms with Crippen molar-refractivity contribution in [3.05, 3.63) is 65.2 Å². The van der Waals surface area contributed by atoms with Crippen LogP contribution in [0.5, 0.6) is 0 Å². The van der Waals surface area contributed by atoms with Gasteiger partial charge in [-0.05, 0) is 35.7 Å². The summed E-state index contributed by atoms with van der Waals surface area (Å²) in [7, 11) is 0. The summed E-state index contributed by atoms with van der Waals surface area (Å²) in [5, 5.41) is 12.9. The first-order valence-electron chi connectivity index (χ1n) is 7.68. The highest BCUT2D eigenvalue weighted by molar-refractivity contribution is 7.99. The Balaban J connectivity index is 1.67. The molecular formula is C18H17F2NO2S. The normalized spacial score (nSPS) is 17.9. The van der Waals surface area contributed by atoms with Crippen molar-refractivity contribution in [2.45, 2.75) is 29.9 Å². The SMILES string of the molecule is O=C(CC(O)c1cccc(F)c1)NC1CCSc2c(F)cccc21. The summed E-state index contributed by atoms with van der Waals surface area (Å²) in [5.74, 6) is -0.374. The highest BCUT2D eigenvalue weighted by Crippen LogP contribution is 2.37. The first-order chi connectivity index (χ1) is 11.5. The number of carbonyl (C=O) groups excluding carboxylic acids is 1. The molecule has 0 saturated heterocycles. The van der Waals surface area contributed by atoms with Crippen molar-refractivity contribution in [2.75, 3.05) is 5.75 Å². The Morgan fingerprint density at radius 3 is 2.88 bits per heavy atom. The number of fused-ring (bicyclic) bond motifs is 1. The van der Waals surface area contributed by atoms with Crippen LogP contribution >= 0.6 is 11.8 Å². The average Bonchev–Trinajstić information content (AvgIpc) is 2.56. The van der Waals surface area contributed by atoms with Crippen LogP contribution in [0.4, 0.5) is 8.78 Å². The lowest BCUT2D eigenvalue weighted by molar-refractivity contribution is -0.123. The Labute approximate surface area is 143 Å². The van der Waals surface area contributed by atoms with E-state index < -0.39 is 11.9 Å². The zero-order valence-corrected chi connectivity index (χ0v) is 13.7. The monoisotopic (exact) mass is 349 g/mol. The van der Waals surface area contributed by atoms with Crippen LogP contribution < -0.4 is 5.32 Å². The van der Waals surface area contributed by atoms with Crippen LogP contribution in [0, 0.1) is 11.6 Å². The van der Waals surface area contributed by atoms with Crippen LogP contribution in [0.2, 0.25) is 0 Å². The average molecular weight is 349 g/mol. The molecule has 126 valence electrons. The van der Waals surface area contributed by atoms with E-state index in [4.69, 9.17) is 0 Å². The van der Waals surface area contributed by atoms with Gasteiger partial charge in [0.05, 0.1) is 18.6 Å². The highest BCUT2D eigenvalue weighted by atomic mass is 32.2. The molecule has 0 aliphatic carbocycles. The Morgan fingerprint density at radius 1 is 1.29 bits per heavy atom. The van der Waals surface area contributed by atoms with Gasteiger partial charge in [0.25, 0.3) is 0 Å². The van der Waals surface area contributed by atoms with E-state index in [1.54, 1.807) is 18.2 Å². The quantitative estimate of drug-likeness (QED) is 0.884. The number of aliphatic hydroxyl groups excluding tert-OH is 1. The molecule has 2 atom stereocenters. The van der Waals surface area contributed by atoms with Gasteiger partial charge in [0.2, 0.25) is 5.91 Å². The molecule has 2 unspecified atom stereocenters. The van der Waals surface area contributed by atoms with Crippen LogP contribution in [0.15, 0.2) is 47.4 Å². The summed E-state index contributed by atoms with van der Waals surface area (Å²) < 4.78 is 27.0. The molecule has 2 N–H and O–H groups in total. The number of benzene rings is 2. The van der Waals surface area contributed by atoms with Crippen LogP contribution in [-0.4, -0.2) is 16.8 Å². The maximum absolute atomic E-state index is 13.8. The lowest BCUT2D eigenvalue weighted by Gasteiger charge is -2.26. The van der Waals surface area contributed by atoms with Crippen molar-refractivity contribution in [1.82, 2.24) is 5.32 Å². The highest BCUT2D eigenvalue weighted by Gasteiger charge is 2.25. The van der Waals surface area contributed by atoms with E-state index in [0.29, 0.717) is 22.6 Å². The third-order valence-electron chi connectivity index (χ3n) is 3.97. The van der Waals surface area contributed by atoms with Gasteiger partial charge < -0.3 is 10.4 Å². The topological polar surface area (TPSA) is 49.3 Å². The van der Waals surface area contributed by atoms with E-state index in [-0.39, 0.29) is 24.2 Å². The largest absolute Gasteiger partial charge is 0.388 e. The summed E-state index contributed by atoms with van der Waals surface area (Å²) in [4.78, 5) is 12.8. The number of carbonyl (C=O) groups is 1. The summed E-state index contributed by atoms with van der Waals surface area (Å²) in [6.45, 7) is 0. The van der Waals surface area contributed by atoms with Crippen LogP contribution in [0.3, 0.4) is 0 Å². The fraction of sp³-hybridized carbons (Fsp3) is 0.278. The Morgan fingerprint density at radius 2 is 2.08 bits per heavy atom. The second-order valence-electron chi connectivity index (χ2n) is 5.69. The molecule has 2 aromatic rings. The van der Waals surface area contributed by atoms with E-state index in [9.17, 15) is 18.7 Å². The number of amides is 1. The van der Waals surface area contributed by atoms with Gasteiger partial charge in [0.1, 0.15) is 11.6 Å². The molecule has 1 aliphatic heterocycles. The van der Waals surface area contributed by atoms with Gasteiger partial charge in [-0.15, -0.1) is 11.8 Å². The summed E-state index contributed by atoms with van der Waals surface area (Å²) in [6, 6.07) is 10.1. The van der Waals surface area contributed by atoms with Gasteiger partial charge in [0.15, 0.2) is 0 Å². The number of nitrogens with one attached hydrogen (secondary N) is 1. The van der Waals surface area contributed by atoms with Crippen molar-refractivity contribution in [2.24, 2.45) is 0 Å². The summed E-state index contributed by atoms with van der Waals surface area (Å²) in [6.07, 6.45) is -0.550. The minimum Gasteiger partial charge on any atom is -0.388 e. The summed E-state index contributed by atoms with van der Waals surface area (Å²) in [5.41, 5.74) is 1.12. The molecule has 1 amide bonds. The predicted molar refractivity (Wildman–Crippen MR) is 88.6 cm³/mol. The summed E-state index contributed by atoms with van der Waals surface area (Å²) >= 11 is 1.44. The third-order valence-corrected chi connectivity index (χ3v) is 5.13. The molecule has 0 saturated carbocycles. The van der Waals surface area contributed by atoms with Gasteiger partial charge in [-0.2, -0.15) is 0 Å². The van der Waals surface area contributed by atoms with Gasteiger partial charge in [-0.1, -0.05) is 24.3 Å². The van der Waals surface area contributed by atoms with Crippen molar-refractivity contribution >= 4 is 17.7 Å². The van der Waals surface area contributed by atoms with Gasteiger partial charge in [0, 0.05) is 10.6 Å². The van der Waals surface area contributed by atoms with Crippen LogP contribution in [0.25, 0.3) is 0 Å². The maximum Gasteiger partial charge on any atom is 0.223 e. The standard InChI is InChI=1S/C18H17F2NO2S/c19-12-4-1-3-11(9-12)16(22)10-17(23)21-15-7-8-24-18-13(15)5-2-6-14(18)20/h1-6,9,15-16,22H,7-8,10H2,(H,21,23). The molecule has 0 spiro atoms. The lowest BCUT2D eigenvalue weighted by Crippen LogP contribution is -2.31. The van der Waals surface area contributed by atoms with Gasteiger partial charge in [-0.3, -0.25) is 4.79 Å². The molecule has 0 bridgehead atoms. The molecule has 1 heterocycles. The first kappa shape index (κ1) is 16.9. The fourth-order valence-corrected chi connectivity index (χ4v) is 3.94. The van der Waals surface area contributed by atoms with Crippen LogP contribution in [-0.2, 0) is 4.79 Å². The van der Waals surface area contributed by atoms with E-state index in [0.717, 1.165) is 5.56 Å². The molecular weight excluding hydrogens is 332 g/mol. The zero-order chi connectivity index (χ0) is 17.1. The third kappa shape index (κ3) is 3.76. The molecule has 0 aromatic heterocycles. The van der Waals surface area contributed by atoms with Crippen molar-refractivity contribution < 1.29 is 18.7 Å². The number of thioether (sulfide) groups is 1. The lowest BCUT2D eigenvalue weighted by atomic mass is 10.0. The smallest absolute Gasteiger partial charge is 0.223 e. The second kappa shape index (κ2) is 7.32. The van der Waals surface area contributed by atoms with Crippen molar-refractivity contribution in [3.63, 3.8) is 0 Å². The minimum atomic E-state index is -1.08. The molecule has 1 aliphatic rings. The Kier molecular flexibility index (Phi) is 5.16. The number of aliphatic hydroxyl groups is 1. The number of hydrogen-bond donors (Lipinski definition) is 2. The Hall–Kier alpha value is -1.92. The molecule has 0 fully saturated rings. The van der Waals surface area contributed by atoms with Crippen molar-refractivity contribution in [1.29, 1.82) is 0 Å².